The van der Waals surface area contributed by atoms with Gasteiger partial charge in [-0.15, -0.1) is 0 Å². The zero-order chi connectivity index (χ0) is 13.5. The fourth-order valence-corrected chi connectivity index (χ4v) is 1.80. The largest absolute Gasteiger partial charge is 0.466 e. The molecule has 0 aliphatic heterocycles. The molecule has 0 aromatic heterocycles. The third kappa shape index (κ3) is 4.84. The highest BCUT2D eigenvalue weighted by Gasteiger charge is 2.13. The molecular weight excluding hydrogens is 233 g/mol. The van der Waals surface area contributed by atoms with E-state index in [-0.39, 0.29) is 23.9 Å². The molecule has 0 saturated heterocycles. The van der Waals surface area contributed by atoms with Crippen molar-refractivity contribution in [1.82, 2.24) is 5.32 Å². The lowest BCUT2D eigenvalue weighted by Gasteiger charge is -2.19. The first-order valence-corrected chi connectivity index (χ1v) is 6.20. The number of hydrogen-bond acceptors (Lipinski definition) is 3. The fourth-order valence-electron chi connectivity index (χ4n) is 1.80. The van der Waals surface area contributed by atoms with Gasteiger partial charge < -0.3 is 10.1 Å². The monoisotopic (exact) mass is 253 g/mol. The van der Waals surface area contributed by atoms with Crippen molar-refractivity contribution in [2.45, 2.75) is 39.3 Å². The predicted molar refractivity (Wildman–Crippen MR) is 68.7 cm³/mol. The van der Waals surface area contributed by atoms with Crippen molar-refractivity contribution < 1.29 is 13.9 Å². The molecule has 0 radical (unpaired) electrons. The van der Waals surface area contributed by atoms with Crippen LogP contribution in [0.5, 0.6) is 0 Å². The van der Waals surface area contributed by atoms with Gasteiger partial charge in [-0.2, -0.15) is 0 Å². The summed E-state index contributed by atoms with van der Waals surface area (Å²) in [5.74, 6) is -0.450. The van der Waals surface area contributed by atoms with Crippen LogP contribution in [0.2, 0.25) is 0 Å². The Kier molecular flexibility index (Phi) is 5.78. The fraction of sp³-hybridized carbons (Fsp3) is 0.500. The second-order valence-corrected chi connectivity index (χ2v) is 4.35. The number of carbonyl (C=O) groups is 1. The summed E-state index contributed by atoms with van der Waals surface area (Å²) in [6, 6.07) is 6.43. The van der Waals surface area contributed by atoms with Crippen LogP contribution in [-0.4, -0.2) is 18.6 Å². The van der Waals surface area contributed by atoms with Gasteiger partial charge in [-0.3, -0.25) is 4.79 Å². The highest BCUT2D eigenvalue weighted by atomic mass is 19.1. The molecule has 0 spiro atoms. The molecule has 2 atom stereocenters. The number of halogens is 1. The van der Waals surface area contributed by atoms with Gasteiger partial charge in [-0.25, -0.2) is 4.39 Å². The van der Waals surface area contributed by atoms with Gasteiger partial charge in [-0.1, -0.05) is 12.1 Å². The van der Waals surface area contributed by atoms with Crippen LogP contribution in [0.25, 0.3) is 0 Å². The van der Waals surface area contributed by atoms with E-state index in [1.54, 1.807) is 19.1 Å². The van der Waals surface area contributed by atoms with Gasteiger partial charge in [0.1, 0.15) is 5.82 Å². The molecule has 0 saturated carbocycles. The van der Waals surface area contributed by atoms with Crippen LogP contribution < -0.4 is 5.32 Å². The molecule has 100 valence electrons. The Hall–Kier alpha value is -1.42. The Balaban J connectivity index is 2.46. The zero-order valence-corrected chi connectivity index (χ0v) is 11.1. The van der Waals surface area contributed by atoms with Crippen LogP contribution in [0.4, 0.5) is 4.39 Å². The molecule has 3 nitrogen and oxygen atoms in total. The molecule has 0 aliphatic rings. The average molecular weight is 253 g/mol. The minimum atomic E-state index is -0.245. The van der Waals surface area contributed by atoms with Crippen LogP contribution in [0.3, 0.4) is 0 Å². The first-order valence-electron chi connectivity index (χ1n) is 6.20. The number of nitrogens with one attached hydrogen (secondary N) is 1. The maximum atomic E-state index is 12.8. The molecule has 18 heavy (non-hydrogen) atoms. The van der Waals surface area contributed by atoms with Crippen molar-refractivity contribution in [2.24, 2.45) is 0 Å². The number of rotatable bonds is 6. The van der Waals surface area contributed by atoms with Crippen LogP contribution in [0, 0.1) is 5.82 Å². The van der Waals surface area contributed by atoms with Crippen molar-refractivity contribution in [3.05, 3.63) is 35.6 Å². The maximum Gasteiger partial charge on any atom is 0.307 e. The Labute approximate surface area is 107 Å². The van der Waals surface area contributed by atoms with Gasteiger partial charge in [0.15, 0.2) is 0 Å². The second-order valence-electron chi connectivity index (χ2n) is 4.35. The van der Waals surface area contributed by atoms with E-state index < -0.39 is 0 Å². The Morgan fingerprint density at radius 1 is 1.33 bits per heavy atom. The highest BCUT2D eigenvalue weighted by molar-refractivity contribution is 5.70. The van der Waals surface area contributed by atoms with E-state index in [1.165, 1.54) is 12.1 Å². The Bertz CT molecular complexity index is 378. The Morgan fingerprint density at radius 3 is 2.50 bits per heavy atom. The summed E-state index contributed by atoms with van der Waals surface area (Å²) in [6.45, 7) is 6.10. The van der Waals surface area contributed by atoms with E-state index >= 15 is 0 Å². The number of esters is 1. The van der Waals surface area contributed by atoms with E-state index in [0.29, 0.717) is 13.0 Å². The molecular formula is C14H20FNO2. The quantitative estimate of drug-likeness (QED) is 0.792. The van der Waals surface area contributed by atoms with Gasteiger partial charge in [0, 0.05) is 12.1 Å². The molecule has 0 bridgehead atoms. The molecule has 1 aromatic rings. The summed E-state index contributed by atoms with van der Waals surface area (Å²) >= 11 is 0. The average Bonchev–Trinajstić information content (AvgIpc) is 2.29. The summed E-state index contributed by atoms with van der Waals surface area (Å²) in [6.07, 6.45) is 0.333. The number of benzene rings is 1. The van der Waals surface area contributed by atoms with Crippen LogP contribution in [0.15, 0.2) is 24.3 Å². The van der Waals surface area contributed by atoms with Crippen molar-refractivity contribution >= 4 is 5.97 Å². The Morgan fingerprint density at radius 2 is 1.94 bits per heavy atom. The number of hydrogen-bond donors (Lipinski definition) is 1. The highest BCUT2D eigenvalue weighted by Crippen LogP contribution is 2.14. The van der Waals surface area contributed by atoms with Gasteiger partial charge >= 0.3 is 5.97 Å². The van der Waals surface area contributed by atoms with Crippen molar-refractivity contribution in [1.29, 1.82) is 0 Å². The molecule has 0 fully saturated rings. The second kappa shape index (κ2) is 7.11. The first kappa shape index (κ1) is 14.6. The van der Waals surface area contributed by atoms with E-state index in [0.717, 1.165) is 5.56 Å². The van der Waals surface area contributed by atoms with Crippen molar-refractivity contribution in [2.75, 3.05) is 6.61 Å². The number of carbonyl (C=O) groups excluding carboxylic acids is 1. The third-order valence-electron chi connectivity index (χ3n) is 2.68. The molecule has 0 aliphatic carbocycles. The molecule has 0 amide bonds. The summed E-state index contributed by atoms with van der Waals surface area (Å²) < 4.78 is 17.7. The van der Waals surface area contributed by atoms with Crippen LogP contribution in [0.1, 0.15) is 38.8 Å². The van der Waals surface area contributed by atoms with E-state index in [2.05, 4.69) is 5.32 Å². The van der Waals surface area contributed by atoms with Crippen molar-refractivity contribution in [3.8, 4) is 0 Å². The van der Waals surface area contributed by atoms with Crippen LogP contribution in [-0.2, 0) is 9.53 Å². The smallest absolute Gasteiger partial charge is 0.307 e. The molecule has 2 unspecified atom stereocenters. The van der Waals surface area contributed by atoms with Crippen LogP contribution >= 0.6 is 0 Å². The molecule has 1 aromatic carbocycles. The predicted octanol–water partition coefficient (Wildman–Crippen LogP) is 2.82. The molecule has 1 rings (SSSR count). The third-order valence-corrected chi connectivity index (χ3v) is 2.68. The lowest BCUT2D eigenvalue weighted by atomic mass is 10.1. The van der Waals surface area contributed by atoms with E-state index in [1.807, 2.05) is 13.8 Å². The minimum absolute atomic E-state index is 0.0177. The van der Waals surface area contributed by atoms with E-state index in [4.69, 9.17) is 4.74 Å². The normalized spacial score (nSPS) is 14.0. The van der Waals surface area contributed by atoms with E-state index in [9.17, 15) is 9.18 Å². The van der Waals surface area contributed by atoms with Gasteiger partial charge in [-0.05, 0) is 38.5 Å². The summed E-state index contributed by atoms with van der Waals surface area (Å²) in [5, 5.41) is 3.28. The maximum absolute atomic E-state index is 12.8. The van der Waals surface area contributed by atoms with Gasteiger partial charge in [0.05, 0.1) is 13.0 Å². The molecule has 4 heteroatoms. The topological polar surface area (TPSA) is 38.3 Å². The summed E-state index contributed by atoms with van der Waals surface area (Å²) in [4.78, 5) is 11.3. The van der Waals surface area contributed by atoms with Gasteiger partial charge in [0.25, 0.3) is 0 Å². The minimum Gasteiger partial charge on any atom is -0.466 e. The molecule has 0 heterocycles. The standard InChI is InChI=1S/C14H20FNO2/c1-4-18-14(17)9-10(2)16-11(3)12-5-7-13(15)8-6-12/h5-8,10-11,16H,4,9H2,1-3H3. The lowest BCUT2D eigenvalue weighted by Crippen LogP contribution is -2.31. The number of ether oxygens (including phenoxy) is 1. The molecule has 1 N–H and O–H groups in total. The lowest BCUT2D eigenvalue weighted by molar-refractivity contribution is -0.143. The zero-order valence-electron chi connectivity index (χ0n) is 11.1. The van der Waals surface area contributed by atoms with Crippen molar-refractivity contribution in [3.63, 3.8) is 0 Å². The first-order chi connectivity index (χ1) is 8.52. The summed E-state index contributed by atoms with van der Waals surface area (Å²) in [5.41, 5.74) is 0.993. The van der Waals surface area contributed by atoms with Gasteiger partial charge in [0.2, 0.25) is 0 Å². The SMILES string of the molecule is CCOC(=O)CC(C)NC(C)c1ccc(F)cc1. The summed E-state index contributed by atoms with van der Waals surface area (Å²) in [7, 11) is 0.